The molecule has 2 aliphatic heterocycles. The molecule has 5 rings (SSSR count). The number of aliphatic hydroxyl groups is 2. The van der Waals surface area contributed by atoms with Gasteiger partial charge in [-0.25, -0.2) is 9.78 Å². The number of nitrogens with zero attached hydrogens (tertiary/aromatic N) is 2. The quantitative estimate of drug-likeness (QED) is 0.469. The molecule has 0 saturated heterocycles. The maximum absolute atomic E-state index is 13.4. The Hall–Kier alpha value is -3.03. The Labute approximate surface area is 172 Å². The summed E-state index contributed by atoms with van der Waals surface area (Å²) in [5.74, 6) is -1.68. The first-order valence-electron chi connectivity index (χ1n) is 10.1. The summed E-state index contributed by atoms with van der Waals surface area (Å²) in [6.45, 7) is 3.44. The van der Waals surface area contributed by atoms with Crippen molar-refractivity contribution in [3.63, 3.8) is 0 Å². The van der Waals surface area contributed by atoms with Gasteiger partial charge in [-0.1, -0.05) is 32.0 Å². The van der Waals surface area contributed by atoms with E-state index in [4.69, 9.17) is 9.72 Å². The van der Waals surface area contributed by atoms with E-state index in [0.29, 0.717) is 23.5 Å². The predicted octanol–water partition coefficient (Wildman–Crippen LogP) is 2.08. The van der Waals surface area contributed by atoms with Gasteiger partial charge in [0.25, 0.3) is 5.56 Å². The van der Waals surface area contributed by atoms with Crippen LogP contribution in [0.25, 0.3) is 22.3 Å². The number of hydrogen-bond acceptors (Lipinski definition) is 6. The van der Waals surface area contributed by atoms with Gasteiger partial charge in [0.15, 0.2) is 6.10 Å². The molecule has 0 aliphatic carbocycles. The Balaban J connectivity index is 1.78. The van der Waals surface area contributed by atoms with Crippen LogP contribution in [0.5, 0.6) is 0 Å². The predicted molar refractivity (Wildman–Crippen MR) is 110 cm³/mol. The minimum Gasteiger partial charge on any atom is -0.459 e. The Morgan fingerprint density at radius 1 is 1.27 bits per heavy atom. The van der Waals surface area contributed by atoms with E-state index >= 15 is 0 Å². The van der Waals surface area contributed by atoms with Crippen LogP contribution >= 0.6 is 0 Å². The number of ether oxygens (including phenoxy) is 1. The van der Waals surface area contributed by atoms with Crippen LogP contribution in [0.1, 0.15) is 37.0 Å². The van der Waals surface area contributed by atoms with Crippen LogP contribution in [0.15, 0.2) is 41.2 Å². The highest BCUT2D eigenvalue weighted by Crippen LogP contribution is 2.41. The lowest BCUT2D eigenvalue weighted by Gasteiger charge is -2.38. The molecule has 154 valence electrons. The average molecular weight is 406 g/mol. The molecule has 2 aromatic heterocycles. The molecule has 0 spiro atoms. The van der Waals surface area contributed by atoms with Crippen LogP contribution in [0.2, 0.25) is 0 Å². The fourth-order valence-corrected chi connectivity index (χ4v) is 4.69. The van der Waals surface area contributed by atoms with Crippen molar-refractivity contribution in [3.8, 4) is 11.4 Å². The van der Waals surface area contributed by atoms with E-state index in [2.05, 4.69) is 0 Å². The second-order valence-corrected chi connectivity index (χ2v) is 8.12. The van der Waals surface area contributed by atoms with Gasteiger partial charge in [0.1, 0.15) is 6.61 Å². The van der Waals surface area contributed by atoms with Gasteiger partial charge in [-0.15, -0.1) is 0 Å². The Morgan fingerprint density at radius 2 is 2.03 bits per heavy atom. The van der Waals surface area contributed by atoms with Crippen LogP contribution in [-0.4, -0.2) is 31.8 Å². The number of cyclic esters (lactones) is 1. The first-order valence-corrected chi connectivity index (χ1v) is 10.1. The van der Waals surface area contributed by atoms with Gasteiger partial charge in [0, 0.05) is 16.9 Å². The van der Waals surface area contributed by atoms with Crippen LogP contribution in [0, 0.1) is 5.92 Å². The van der Waals surface area contributed by atoms with Crippen molar-refractivity contribution < 1.29 is 19.7 Å². The van der Waals surface area contributed by atoms with Crippen molar-refractivity contribution in [1.82, 2.24) is 9.55 Å². The molecule has 0 bridgehead atoms. The summed E-state index contributed by atoms with van der Waals surface area (Å²) in [5, 5.41) is 22.9. The van der Waals surface area contributed by atoms with E-state index in [0.717, 1.165) is 16.5 Å². The highest BCUT2D eigenvalue weighted by molar-refractivity contribution is 5.84. The fraction of sp³-hybridized carbons (Fsp3) is 0.348. The maximum Gasteiger partial charge on any atom is 0.335 e. The number of carbonyl (C=O) groups excluding carboxylic acids is 1. The van der Waals surface area contributed by atoms with Gasteiger partial charge in [0.05, 0.1) is 34.6 Å². The largest absolute Gasteiger partial charge is 0.459 e. The Bertz CT molecular complexity index is 1260. The normalized spacial score (nSPS) is 25.1. The molecule has 4 heterocycles. The third-order valence-corrected chi connectivity index (χ3v) is 6.61. The van der Waals surface area contributed by atoms with E-state index in [1.165, 1.54) is 0 Å². The van der Waals surface area contributed by atoms with Crippen molar-refractivity contribution in [2.45, 2.75) is 45.1 Å². The Morgan fingerprint density at radius 3 is 2.80 bits per heavy atom. The monoisotopic (exact) mass is 406 g/mol. The zero-order valence-electron chi connectivity index (χ0n) is 16.8. The number of hydrogen-bond donors (Lipinski definition) is 2. The summed E-state index contributed by atoms with van der Waals surface area (Å²) in [6, 6.07) is 11.6. The van der Waals surface area contributed by atoms with Crippen molar-refractivity contribution in [1.29, 1.82) is 0 Å². The van der Waals surface area contributed by atoms with Crippen LogP contribution in [-0.2, 0) is 28.3 Å². The molecule has 0 saturated carbocycles. The standard InChI is InChI=1S/C23H22N2O5/c1-3-23(29)12(2)20(26)22(28)30-11-15-16(23)9-18-19-14(10-25(18)21(15)27)8-13-6-4-5-7-17(13)24-19/h4-9,12,20,26,29H,3,10-11H2,1-2H3/t12?,20-,23-/m1/s1. The molecular formula is C23H22N2O5. The van der Waals surface area contributed by atoms with Gasteiger partial charge < -0.3 is 19.5 Å². The third-order valence-electron chi connectivity index (χ3n) is 6.61. The summed E-state index contributed by atoms with van der Waals surface area (Å²) in [6.07, 6.45) is -1.25. The van der Waals surface area contributed by atoms with Crippen LogP contribution in [0.4, 0.5) is 0 Å². The first kappa shape index (κ1) is 19.0. The SMILES string of the molecule is CC[C@]1(O)c2cc3n(c(=O)c2COC(=O)[C@H](O)C1C)Cc1cc2ccccc2nc1-3. The van der Waals surface area contributed by atoms with Crippen molar-refractivity contribution in [2.75, 3.05) is 0 Å². The van der Waals surface area contributed by atoms with Gasteiger partial charge in [-0.2, -0.15) is 0 Å². The number of benzene rings is 1. The molecule has 1 unspecified atom stereocenters. The molecule has 3 atom stereocenters. The van der Waals surface area contributed by atoms with E-state index < -0.39 is 23.6 Å². The Kier molecular flexibility index (Phi) is 4.10. The number of aliphatic hydroxyl groups excluding tert-OH is 1. The molecule has 0 radical (unpaired) electrons. The summed E-state index contributed by atoms with van der Waals surface area (Å²) >= 11 is 0. The second kappa shape index (κ2) is 6.48. The smallest absolute Gasteiger partial charge is 0.335 e. The summed E-state index contributed by atoms with van der Waals surface area (Å²) in [7, 11) is 0. The molecule has 2 N–H and O–H groups in total. The highest BCUT2D eigenvalue weighted by atomic mass is 16.5. The zero-order valence-corrected chi connectivity index (χ0v) is 16.8. The lowest BCUT2D eigenvalue weighted by atomic mass is 9.75. The van der Waals surface area contributed by atoms with E-state index in [9.17, 15) is 19.8 Å². The zero-order chi connectivity index (χ0) is 21.2. The molecule has 1 aromatic carbocycles. The van der Waals surface area contributed by atoms with E-state index in [-0.39, 0.29) is 24.2 Å². The topological polar surface area (TPSA) is 102 Å². The minimum absolute atomic E-state index is 0.229. The van der Waals surface area contributed by atoms with Gasteiger partial charge in [0.2, 0.25) is 0 Å². The minimum atomic E-state index is -1.55. The average Bonchev–Trinajstić information content (AvgIpc) is 3.12. The number of aromatic nitrogens is 2. The third kappa shape index (κ3) is 2.49. The van der Waals surface area contributed by atoms with Crippen molar-refractivity contribution in [3.05, 3.63) is 63.4 Å². The van der Waals surface area contributed by atoms with E-state index in [1.54, 1.807) is 24.5 Å². The van der Waals surface area contributed by atoms with E-state index in [1.807, 2.05) is 30.3 Å². The van der Waals surface area contributed by atoms with Crippen molar-refractivity contribution >= 4 is 16.9 Å². The molecule has 0 amide bonds. The number of carbonyl (C=O) groups is 1. The second-order valence-electron chi connectivity index (χ2n) is 8.12. The number of rotatable bonds is 1. The number of esters is 1. The summed E-state index contributed by atoms with van der Waals surface area (Å²) in [5.41, 5.74) is 1.85. The first-order chi connectivity index (χ1) is 14.3. The van der Waals surface area contributed by atoms with Gasteiger partial charge in [-0.05, 0) is 30.2 Å². The molecule has 0 fully saturated rings. The highest BCUT2D eigenvalue weighted by Gasteiger charge is 2.46. The van der Waals surface area contributed by atoms with Crippen LogP contribution < -0.4 is 5.56 Å². The fourth-order valence-electron chi connectivity index (χ4n) is 4.69. The molecule has 3 aromatic rings. The van der Waals surface area contributed by atoms with Crippen LogP contribution in [0.3, 0.4) is 0 Å². The number of fused-ring (bicyclic) bond motifs is 5. The summed E-state index contributed by atoms with van der Waals surface area (Å²) in [4.78, 5) is 30.3. The summed E-state index contributed by atoms with van der Waals surface area (Å²) < 4.78 is 6.79. The lowest BCUT2D eigenvalue weighted by Crippen LogP contribution is -2.47. The van der Waals surface area contributed by atoms with Gasteiger partial charge in [-0.3, -0.25) is 4.79 Å². The van der Waals surface area contributed by atoms with Gasteiger partial charge >= 0.3 is 5.97 Å². The van der Waals surface area contributed by atoms with Crippen molar-refractivity contribution in [2.24, 2.45) is 5.92 Å². The maximum atomic E-state index is 13.4. The molecule has 30 heavy (non-hydrogen) atoms. The number of para-hydroxylation sites is 1. The number of pyridine rings is 2. The molecule has 7 nitrogen and oxygen atoms in total. The molecule has 7 heteroatoms. The molecular weight excluding hydrogens is 384 g/mol. The lowest BCUT2D eigenvalue weighted by molar-refractivity contribution is -0.168. The molecule has 2 aliphatic rings.